The topological polar surface area (TPSA) is 130 Å². The smallest absolute Gasteiger partial charge is 0.262 e. The molecule has 4 fully saturated rings. The number of nitriles is 1. The van der Waals surface area contributed by atoms with Crippen LogP contribution in [0.4, 0.5) is 5.82 Å². The molecular weight excluding hydrogens is 476 g/mol. The molecule has 8 heteroatoms. The monoisotopic (exact) mass is 510 g/mol. The molecule has 8 nitrogen and oxygen atoms in total. The fraction of sp³-hybridized carbons (Fsp3) is 0.467. The van der Waals surface area contributed by atoms with Crippen molar-refractivity contribution in [1.29, 1.82) is 5.26 Å². The van der Waals surface area contributed by atoms with Gasteiger partial charge in [-0.15, -0.1) is 0 Å². The first kappa shape index (κ1) is 24.6. The first-order valence-electron chi connectivity index (χ1n) is 13.6. The predicted octanol–water partition coefficient (Wildman–Crippen LogP) is 4.36. The summed E-state index contributed by atoms with van der Waals surface area (Å²) in [7, 11) is 0. The molecule has 3 aromatic rings. The molecular formula is C30H34N6O2. The molecule has 0 atom stereocenters. The van der Waals surface area contributed by atoms with Crippen LogP contribution in [0.1, 0.15) is 56.2 Å². The molecule has 4 aliphatic rings. The second-order valence-electron chi connectivity index (χ2n) is 11.6. The minimum Gasteiger partial charge on any atom is -0.396 e. The van der Waals surface area contributed by atoms with Crippen molar-refractivity contribution in [1.82, 2.24) is 19.9 Å². The van der Waals surface area contributed by atoms with Gasteiger partial charge in [-0.3, -0.25) is 4.79 Å². The number of aryl methyl sites for hydroxylation is 2. The largest absolute Gasteiger partial charge is 0.396 e. The summed E-state index contributed by atoms with van der Waals surface area (Å²) in [6.45, 7) is 2.48. The number of hydrogen-bond donors (Lipinski definition) is 3. The second kappa shape index (κ2) is 9.55. The van der Waals surface area contributed by atoms with Gasteiger partial charge in [-0.2, -0.15) is 5.26 Å². The van der Waals surface area contributed by atoms with Crippen molar-refractivity contribution in [2.24, 2.45) is 17.8 Å². The Labute approximate surface area is 222 Å². The fourth-order valence-corrected chi connectivity index (χ4v) is 7.69. The average Bonchev–Trinajstić information content (AvgIpc) is 3.19. The van der Waals surface area contributed by atoms with Gasteiger partial charge in [-0.25, -0.2) is 9.97 Å². The molecule has 7 rings (SSSR count). The maximum Gasteiger partial charge on any atom is 0.262 e. The first-order valence-corrected chi connectivity index (χ1v) is 13.6. The number of amides is 1. The van der Waals surface area contributed by atoms with Crippen molar-refractivity contribution in [2.45, 2.75) is 64.0 Å². The van der Waals surface area contributed by atoms with E-state index in [9.17, 15) is 15.2 Å². The molecule has 4 aliphatic carbocycles. The molecule has 38 heavy (non-hydrogen) atoms. The van der Waals surface area contributed by atoms with Gasteiger partial charge in [0.05, 0.1) is 11.1 Å². The zero-order valence-electron chi connectivity index (χ0n) is 21.8. The van der Waals surface area contributed by atoms with Gasteiger partial charge in [0.25, 0.3) is 5.91 Å². The van der Waals surface area contributed by atoms with E-state index in [1.807, 2.05) is 35.8 Å². The minimum absolute atomic E-state index is 0.000865. The summed E-state index contributed by atoms with van der Waals surface area (Å²) in [5.41, 5.74) is 10.3. The van der Waals surface area contributed by atoms with Crippen LogP contribution in [0.15, 0.2) is 36.2 Å². The molecule has 0 radical (unpaired) electrons. The van der Waals surface area contributed by atoms with E-state index in [-0.39, 0.29) is 23.6 Å². The number of benzene rings is 1. The molecule has 4 N–H and O–H groups in total. The standard InChI is InChI=1S/C30H34N6O2/c1-18-3-5-22(6-4-18)25-24(36(7-2-8-37)28-26(25)27(32)33-17-34-28)12-23(16-31)29(38)35-30-13-19-9-20(14-30)11-21(10-19)15-30/h3-6,12,17,19-21,37H,2,7-11,13-15H2,1H3,(H,35,38)(H2,32,33,34)/b23-12+. The lowest BCUT2D eigenvalue weighted by molar-refractivity contribution is -0.122. The van der Waals surface area contributed by atoms with Crippen molar-refractivity contribution in [3.05, 3.63) is 47.4 Å². The number of nitrogens with one attached hydrogen (secondary N) is 1. The van der Waals surface area contributed by atoms with Gasteiger partial charge in [0.15, 0.2) is 0 Å². The zero-order chi connectivity index (χ0) is 26.4. The Kier molecular flexibility index (Phi) is 6.19. The third kappa shape index (κ3) is 4.25. The quantitative estimate of drug-likeness (QED) is 0.320. The lowest BCUT2D eigenvalue weighted by atomic mass is 9.53. The SMILES string of the molecule is Cc1ccc(-c2c(/C=C(\C#N)C(=O)NC34CC5CC(CC(C5)C3)C4)n(CCCO)c3ncnc(N)c23)cc1. The Balaban J connectivity index is 1.46. The van der Waals surface area contributed by atoms with Gasteiger partial charge in [0.2, 0.25) is 0 Å². The maximum absolute atomic E-state index is 13.7. The maximum atomic E-state index is 13.7. The van der Waals surface area contributed by atoms with Crippen molar-refractivity contribution < 1.29 is 9.90 Å². The summed E-state index contributed by atoms with van der Waals surface area (Å²) < 4.78 is 1.94. The summed E-state index contributed by atoms with van der Waals surface area (Å²) in [6, 6.07) is 10.2. The third-order valence-electron chi connectivity index (χ3n) is 8.85. The summed E-state index contributed by atoms with van der Waals surface area (Å²) in [6.07, 6.45) is 10.5. The van der Waals surface area contributed by atoms with Crippen LogP contribution in [-0.2, 0) is 11.3 Å². The molecule has 2 aromatic heterocycles. The summed E-state index contributed by atoms with van der Waals surface area (Å²) in [5.74, 6) is 2.08. The molecule has 0 saturated heterocycles. The summed E-state index contributed by atoms with van der Waals surface area (Å²) in [5, 5.41) is 23.8. The number of nitrogens with zero attached hydrogens (tertiary/aromatic N) is 4. The van der Waals surface area contributed by atoms with Gasteiger partial charge in [-0.1, -0.05) is 29.8 Å². The number of hydrogen-bond acceptors (Lipinski definition) is 6. The van der Waals surface area contributed by atoms with E-state index in [1.54, 1.807) is 6.08 Å². The Hall–Kier alpha value is -3.70. The molecule has 0 spiro atoms. The van der Waals surface area contributed by atoms with Crippen molar-refractivity contribution >= 4 is 28.8 Å². The van der Waals surface area contributed by atoms with E-state index in [1.165, 1.54) is 25.6 Å². The molecule has 196 valence electrons. The lowest BCUT2D eigenvalue weighted by Crippen LogP contribution is -2.60. The first-order chi connectivity index (χ1) is 18.4. The van der Waals surface area contributed by atoms with E-state index in [4.69, 9.17) is 5.73 Å². The van der Waals surface area contributed by atoms with Crippen LogP contribution in [0, 0.1) is 36.0 Å². The molecule has 1 aromatic carbocycles. The van der Waals surface area contributed by atoms with Crippen LogP contribution in [0.3, 0.4) is 0 Å². The summed E-state index contributed by atoms with van der Waals surface area (Å²) in [4.78, 5) is 22.4. The number of nitrogens with two attached hydrogens (primary N) is 1. The highest BCUT2D eigenvalue weighted by Crippen LogP contribution is 2.55. The number of carbonyl (C=O) groups excluding carboxylic acids is 1. The Morgan fingerprint density at radius 3 is 2.45 bits per heavy atom. The van der Waals surface area contributed by atoms with Gasteiger partial charge in [-0.05, 0) is 81.3 Å². The Bertz CT molecular complexity index is 1430. The van der Waals surface area contributed by atoms with Crippen molar-refractivity contribution in [3.8, 4) is 17.2 Å². The number of aliphatic hydroxyl groups is 1. The normalized spacial score (nSPS) is 26.0. The number of aromatic nitrogens is 3. The molecule has 0 unspecified atom stereocenters. The lowest BCUT2D eigenvalue weighted by Gasteiger charge is -2.56. The molecule has 2 heterocycles. The van der Waals surface area contributed by atoms with E-state index in [2.05, 4.69) is 21.4 Å². The number of aliphatic hydroxyl groups excluding tert-OH is 1. The van der Waals surface area contributed by atoms with Crippen LogP contribution >= 0.6 is 0 Å². The highest BCUT2D eigenvalue weighted by molar-refractivity contribution is 6.08. The van der Waals surface area contributed by atoms with Gasteiger partial charge >= 0.3 is 0 Å². The van der Waals surface area contributed by atoms with E-state index >= 15 is 0 Å². The van der Waals surface area contributed by atoms with Gasteiger partial charge in [0, 0.05) is 24.3 Å². The number of anilines is 1. The highest BCUT2D eigenvalue weighted by atomic mass is 16.3. The molecule has 4 saturated carbocycles. The number of fused-ring (bicyclic) bond motifs is 1. The van der Waals surface area contributed by atoms with E-state index in [0.29, 0.717) is 53.3 Å². The number of nitrogen functional groups attached to an aromatic ring is 1. The Morgan fingerprint density at radius 1 is 1.18 bits per heavy atom. The van der Waals surface area contributed by atoms with Crippen LogP contribution in [-0.4, -0.2) is 37.7 Å². The van der Waals surface area contributed by atoms with Crippen LogP contribution in [0.2, 0.25) is 0 Å². The van der Waals surface area contributed by atoms with Crippen LogP contribution in [0.25, 0.3) is 28.2 Å². The number of carbonyl (C=O) groups is 1. The molecule has 4 bridgehead atoms. The highest BCUT2D eigenvalue weighted by Gasteiger charge is 2.51. The third-order valence-corrected chi connectivity index (χ3v) is 8.85. The van der Waals surface area contributed by atoms with Crippen LogP contribution in [0.5, 0.6) is 0 Å². The van der Waals surface area contributed by atoms with Crippen LogP contribution < -0.4 is 11.1 Å². The van der Waals surface area contributed by atoms with Gasteiger partial charge in [0.1, 0.15) is 29.4 Å². The minimum atomic E-state index is -0.317. The average molecular weight is 511 g/mol. The van der Waals surface area contributed by atoms with Gasteiger partial charge < -0.3 is 20.7 Å². The second-order valence-corrected chi connectivity index (χ2v) is 11.6. The van der Waals surface area contributed by atoms with Crippen molar-refractivity contribution in [3.63, 3.8) is 0 Å². The van der Waals surface area contributed by atoms with Crippen molar-refractivity contribution in [2.75, 3.05) is 12.3 Å². The fourth-order valence-electron chi connectivity index (χ4n) is 7.69. The summed E-state index contributed by atoms with van der Waals surface area (Å²) >= 11 is 0. The zero-order valence-corrected chi connectivity index (χ0v) is 21.8. The Morgan fingerprint density at radius 2 is 1.84 bits per heavy atom. The molecule has 0 aliphatic heterocycles. The van der Waals surface area contributed by atoms with E-state index < -0.39 is 0 Å². The molecule has 1 amide bonds. The predicted molar refractivity (Wildman–Crippen MR) is 146 cm³/mol. The van der Waals surface area contributed by atoms with E-state index in [0.717, 1.165) is 36.0 Å². The number of rotatable bonds is 7.